The summed E-state index contributed by atoms with van der Waals surface area (Å²) in [7, 11) is 6.03. The first kappa shape index (κ1) is 39.1. The molecule has 1 aromatic carbocycles. The SMILES string of the molecule is CCCC(=O)N(C)[C@@H](C)C(=O)O[C@H]1CC(=O)N(C)c2cc(cc(OC)c2Cl)C/C(C)=C/C=C/[C@@H](OC)[C@@]2(O)CC(OC(=O)N2)[C@@H](C)[C@@H]2O[C@@]12C. The Kier molecular flexibility index (Phi) is 12.3. The summed E-state index contributed by atoms with van der Waals surface area (Å²) >= 11 is 6.74. The Balaban J connectivity index is 1.78. The highest BCUT2D eigenvalue weighted by atomic mass is 35.5. The summed E-state index contributed by atoms with van der Waals surface area (Å²) in [6, 6.07) is 2.65. The number of aliphatic hydroxyl groups is 1. The molecule has 4 bridgehead atoms. The van der Waals surface area contributed by atoms with Crippen molar-refractivity contribution in [2.75, 3.05) is 33.2 Å². The van der Waals surface area contributed by atoms with Gasteiger partial charge in [-0.1, -0.05) is 49.2 Å². The number of nitrogens with zero attached hydrogens (tertiary/aromatic N) is 2. The van der Waals surface area contributed by atoms with Crippen LogP contribution in [0.5, 0.6) is 5.75 Å². The third-order valence-electron chi connectivity index (χ3n) is 9.99. The number of likely N-dealkylation sites (N-methyl/N-ethyl adjacent to an activating group) is 1. The van der Waals surface area contributed by atoms with E-state index in [4.69, 9.17) is 35.3 Å². The lowest BCUT2D eigenvalue weighted by atomic mass is 9.83. The van der Waals surface area contributed by atoms with Crippen LogP contribution in [0.2, 0.25) is 5.02 Å². The lowest BCUT2D eigenvalue weighted by molar-refractivity contribution is -0.162. The molecule has 3 heterocycles. The van der Waals surface area contributed by atoms with Crippen molar-refractivity contribution in [2.24, 2.45) is 5.92 Å². The van der Waals surface area contributed by atoms with Crippen molar-refractivity contribution >= 4 is 41.2 Å². The number of epoxide rings is 1. The van der Waals surface area contributed by atoms with Crippen molar-refractivity contribution in [3.8, 4) is 5.75 Å². The molecule has 276 valence electrons. The lowest BCUT2D eigenvalue weighted by Crippen LogP contribution is -2.63. The van der Waals surface area contributed by atoms with E-state index in [0.29, 0.717) is 24.3 Å². The number of carbonyl (C=O) groups is 4. The zero-order valence-electron chi connectivity index (χ0n) is 30.3. The van der Waals surface area contributed by atoms with Gasteiger partial charge in [0.2, 0.25) is 11.8 Å². The van der Waals surface area contributed by atoms with E-state index in [0.717, 1.165) is 11.1 Å². The monoisotopic (exact) mass is 719 g/mol. The highest BCUT2D eigenvalue weighted by Crippen LogP contribution is 2.49. The average Bonchev–Trinajstić information content (AvgIpc) is 3.76. The smallest absolute Gasteiger partial charge is 0.409 e. The molecular weight excluding hydrogens is 670 g/mol. The zero-order valence-corrected chi connectivity index (χ0v) is 31.0. The van der Waals surface area contributed by atoms with Crippen LogP contribution in [0.3, 0.4) is 0 Å². The van der Waals surface area contributed by atoms with Crippen LogP contribution in [0.4, 0.5) is 10.5 Å². The summed E-state index contributed by atoms with van der Waals surface area (Å²) in [6.07, 6.45) is 1.91. The molecule has 0 radical (unpaired) electrons. The van der Waals surface area contributed by atoms with Crippen LogP contribution >= 0.6 is 11.6 Å². The molecule has 2 saturated heterocycles. The molecule has 50 heavy (non-hydrogen) atoms. The molecule has 4 rings (SSSR count). The number of alkyl carbamates (subject to hydrolysis) is 1. The number of nitrogens with one attached hydrogen (secondary N) is 1. The maximum Gasteiger partial charge on any atom is 0.409 e. The fourth-order valence-electron chi connectivity index (χ4n) is 6.61. The van der Waals surface area contributed by atoms with Gasteiger partial charge >= 0.3 is 12.1 Å². The highest BCUT2D eigenvalue weighted by molar-refractivity contribution is 6.35. The molecule has 13 nitrogen and oxygen atoms in total. The van der Waals surface area contributed by atoms with Gasteiger partial charge in [0.15, 0.2) is 5.72 Å². The number of rotatable bonds is 7. The van der Waals surface area contributed by atoms with E-state index in [1.807, 2.05) is 19.9 Å². The van der Waals surface area contributed by atoms with E-state index in [1.165, 1.54) is 31.1 Å². The van der Waals surface area contributed by atoms with Gasteiger partial charge in [0, 0.05) is 40.0 Å². The molecular formula is C36H50ClN3O10. The van der Waals surface area contributed by atoms with Crippen molar-refractivity contribution in [1.82, 2.24) is 10.2 Å². The fraction of sp³-hybridized carbons (Fsp3) is 0.611. The number of ether oxygens (including phenoxy) is 5. The summed E-state index contributed by atoms with van der Waals surface area (Å²) in [4.78, 5) is 55.7. The lowest BCUT2D eigenvalue weighted by Gasteiger charge is -2.42. The van der Waals surface area contributed by atoms with Gasteiger partial charge in [-0.15, -0.1) is 0 Å². The first-order valence-electron chi connectivity index (χ1n) is 16.8. The summed E-state index contributed by atoms with van der Waals surface area (Å²) < 4.78 is 29.1. The molecule has 1 aromatic rings. The Bertz CT molecular complexity index is 1530. The standard InChI is InChI=1S/C36H50ClN3O10/c1-10-12-29(41)39(6)22(4)33(43)49-28-18-30(42)40(7)24-16-23(17-25(46-8)31(24)37)15-20(2)13-11-14-27(47-9)36(45)19-26(48-34(44)38-36)21(3)32-35(28,5)50-32/h11,13-14,16-17,21-22,26-28,32,45H,10,12,15,18-19H2,1-9H3,(H,38,44)/b14-11+,20-13+/t21-,22+,26?,27-,28+,32+,35+,36+/m1/s1. The molecule has 3 aliphatic rings. The number of anilines is 1. The van der Waals surface area contributed by atoms with Gasteiger partial charge in [-0.25, -0.2) is 9.59 Å². The van der Waals surface area contributed by atoms with Crippen molar-refractivity contribution < 1.29 is 48.0 Å². The maximum atomic E-state index is 14.0. The highest BCUT2D eigenvalue weighted by Gasteiger charge is 2.64. The van der Waals surface area contributed by atoms with Crippen molar-refractivity contribution in [2.45, 2.75) is 109 Å². The number of benzene rings is 1. The van der Waals surface area contributed by atoms with Gasteiger partial charge in [0.1, 0.15) is 40.7 Å². The number of amides is 3. The van der Waals surface area contributed by atoms with Crippen LogP contribution in [0.15, 0.2) is 35.9 Å². The zero-order chi connectivity index (χ0) is 37.1. The predicted molar refractivity (Wildman–Crippen MR) is 186 cm³/mol. The minimum absolute atomic E-state index is 0.0426. The van der Waals surface area contributed by atoms with E-state index >= 15 is 0 Å². The summed E-state index contributed by atoms with van der Waals surface area (Å²) in [5.41, 5.74) is -0.868. The Hall–Kier alpha value is -3.65. The van der Waals surface area contributed by atoms with Crippen LogP contribution in [0, 0.1) is 5.92 Å². The molecule has 3 amide bonds. The molecule has 8 atom stereocenters. The second kappa shape index (κ2) is 15.7. The summed E-state index contributed by atoms with van der Waals surface area (Å²) in [5, 5.41) is 14.4. The molecule has 0 aliphatic carbocycles. The first-order chi connectivity index (χ1) is 23.5. The second-order valence-electron chi connectivity index (χ2n) is 13.7. The number of esters is 1. The molecule has 0 aromatic heterocycles. The normalized spacial score (nSPS) is 32.3. The van der Waals surface area contributed by atoms with Gasteiger partial charge in [0.25, 0.3) is 0 Å². The van der Waals surface area contributed by atoms with Gasteiger partial charge in [-0.3, -0.25) is 14.9 Å². The third kappa shape index (κ3) is 8.28. The summed E-state index contributed by atoms with van der Waals surface area (Å²) in [6.45, 7) is 8.88. The van der Waals surface area contributed by atoms with Crippen LogP contribution in [-0.4, -0.2) is 104 Å². The number of allylic oxidation sites excluding steroid dienone is 3. The molecule has 14 heteroatoms. The van der Waals surface area contributed by atoms with Gasteiger partial charge in [-0.05, 0) is 51.3 Å². The average molecular weight is 720 g/mol. The second-order valence-corrected chi connectivity index (χ2v) is 14.0. The van der Waals surface area contributed by atoms with Gasteiger partial charge in [0.05, 0.1) is 25.3 Å². The molecule has 0 spiro atoms. The van der Waals surface area contributed by atoms with Crippen LogP contribution < -0.4 is 15.0 Å². The molecule has 0 saturated carbocycles. The molecule has 2 fully saturated rings. The topological polar surface area (TPSA) is 156 Å². The largest absolute Gasteiger partial charge is 0.495 e. The molecule has 3 aliphatic heterocycles. The van der Waals surface area contributed by atoms with Crippen molar-refractivity contribution in [3.05, 3.63) is 46.5 Å². The van der Waals surface area contributed by atoms with E-state index in [1.54, 1.807) is 52.1 Å². The van der Waals surface area contributed by atoms with Gasteiger partial charge in [-0.2, -0.15) is 0 Å². The molecule has 2 N–H and O–H groups in total. The number of fused-ring (bicyclic) bond motifs is 5. The number of carbonyl (C=O) groups excluding carboxylic acids is 4. The van der Waals surface area contributed by atoms with Crippen LogP contribution in [0.1, 0.15) is 65.9 Å². The van der Waals surface area contributed by atoms with Crippen molar-refractivity contribution in [3.63, 3.8) is 0 Å². The Labute approximate surface area is 298 Å². The minimum Gasteiger partial charge on any atom is -0.495 e. The molecule has 1 unspecified atom stereocenters. The number of methoxy groups -OCH3 is 2. The maximum absolute atomic E-state index is 14.0. The Morgan fingerprint density at radius 1 is 1.26 bits per heavy atom. The number of hydrogen-bond donors (Lipinski definition) is 2. The number of halogens is 1. The Morgan fingerprint density at radius 2 is 1.96 bits per heavy atom. The van der Waals surface area contributed by atoms with E-state index in [9.17, 15) is 24.3 Å². The predicted octanol–water partition coefficient (Wildman–Crippen LogP) is 4.31. The fourth-order valence-corrected chi connectivity index (χ4v) is 6.92. The van der Waals surface area contributed by atoms with Crippen LogP contribution in [-0.2, 0) is 39.8 Å². The summed E-state index contributed by atoms with van der Waals surface area (Å²) in [5.74, 6) is -1.49. The van der Waals surface area contributed by atoms with Crippen molar-refractivity contribution in [1.29, 1.82) is 0 Å². The number of hydrogen-bond acceptors (Lipinski definition) is 10. The van der Waals surface area contributed by atoms with E-state index < -0.39 is 65.7 Å². The first-order valence-corrected chi connectivity index (χ1v) is 17.2. The minimum atomic E-state index is -1.82. The Morgan fingerprint density at radius 3 is 2.60 bits per heavy atom. The van der Waals surface area contributed by atoms with Crippen LogP contribution in [0.25, 0.3) is 0 Å². The van der Waals surface area contributed by atoms with Gasteiger partial charge < -0.3 is 38.6 Å². The third-order valence-corrected chi connectivity index (χ3v) is 10.4. The quantitative estimate of drug-likeness (QED) is 0.308. The van der Waals surface area contributed by atoms with E-state index in [2.05, 4.69) is 5.32 Å². The van der Waals surface area contributed by atoms with E-state index in [-0.39, 0.29) is 30.2 Å².